The van der Waals surface area contributed by atoms with Gasteiger partial charge in [0.05, 0.1) is 11.5 Å². The quantitative estimate of drug-likeness (QED) is 0.476. The fourth-order valence-electron chi connectivity index (χ4n) is 4.57. The number of piperidine rings is 2. The summed E-state index contributed by atoms with van der Waals surface area (Å²) < 4.78 is 21.5. The maximum atomic E-state index is 10.8. The normalized spacial score (nSPS) is 25.2. The minimum atomic E-state index is -2.66. The molecule has 0 aromatic rings. The predicted octanol–water partition coefficient (Wildman–Crippen LogP) is 2.50. The van der Waals surface area contributed by atoms with E-state index in [0.29, 0.717) is 30.5 Å². The van der Waals surface area contributed by atoms with Crippen LogP contribution in [0, 0.1) is 0 Å². The van der Waals surface area contributed by atoms with Crippen molar-refractivity contribution >= 4 is 15.7 Å². The summed E-state index contributed by atoms with van der Waals surface area (Å²) in [4.78, 5) is 21.4. The zero-order valence-electron chi connectivity index (χ0n) is 24.2. The molecule has 0 aliphatic carbocycles. The van der Waals surface area contributed by atoms with Gasteiger partial charge in [-0.1, -0.05) is 12.8 Å². The minimum Gasteiger partial charge on any atom is -0.346 e. The van der Waals surface area contributed by atoms with E-state index in [0.717, 1.165) is 19.4 Å². The Balaban J connectivity index is 0.000000226. The molecule has 0 unspecified atom stereocenters. The molecular weight excluding hydrogens is 474 g/mol. The number of sulfone groups is 1. The predicted molar refractivity (Wildman–Crippen MR) is 152 cm³/mol. The van der Waals surface area contributed by atoms with Gasteiger partial charge in [0.25, 0.3) is 0 Å². The standard InChI is InChI=1S/2C6H13N.C5H11NO2S.C5H9NO.C5H11N/c2*1-7-5-3-2-4-6-7;1-6-2-4-9(7,8)5-3-6;1-6-4-2-3-5(6)7;1-6-4-2-3-5-6/h2*2-6H2,1H3;2-5H2,1H3;2-4H2,1H3;2-5H2,1H3. The lowest BCUT2D eigenvalue weighted by Crippen LogP contribution is -2.37. The van der Waals surface area contributed by atoms with E-state index in [4.69, 9.17) is 0 Å². The summed E-state index contributed by atoms with van der Waals surface area (Å²) in [7, 11) is 7.69. The van der Waals surface area contributed by atoms with Gasteiger partial charge in [-0.25, -0.2) is 8.42 Å². The Morgan fingerprint density at radius 2 is 0.806 bits per heavy atom. The van der Waals surface area contributed by atoms with E-state index in [1.165, 1.54) is 90.6 Å². The largest absolute Gasteiger partial charge is 0.346 e. The third kappa shape index (κ3) is 17.7. The lowest BCUT2D eigenvalue weighted by atomic mass is 10.1. The zero-order valence-corrected chi connectivity index (χ0v) is 25.0. The Morgan fingerprint density at radius 3 is 0.972 bits per heavy atom. The number of nitrogens with zero attached hydrogens (tertiary/aromatic N) is 5. The maximum Gasteiger partial charge on any atom is 0.222 e. The van der Waals surface area contributed by atoms with Crippen LogP contribution in [0.25, 0.3) is 0 Å². The molecule has 9 heteroatoms. The fraction of sp³-hybridized carbons (Fsp3) is 0.963. The molecule has 0 aromatic carbocycles. The van der Waals surface area contributed by atoms with E-state index in [-0.39, 0.29) is 0 Å². The summed E-state index contributed by atoms with van der Waals surface area (Å²) in [6.07, 6.45) is 13.2. The number of rotatable bonds is 0. The second kappa shape index (κ2) is 19.3. The molecule has 8 nitrogen and oxygen atoms in total. The summed E-state index contributed by atoms with van der Waals surface area (Å²) in [5.74, 6) is 0.965. The van der Waals surface area contributed by atoms with Crippen molar-refractivity contribution in [1.29, 1.82) is 0 Å². The molecule has 0 radical (unpaired) electrons. The Hall–Kier alpha value is -0.740. The third-order valence-corrected chi connectivity index (χ3v) is 8.98. The molecule has 36 heavy (non-hydrogen) atoms. The topological polar surface area (TPSA) is 67.4 Å². The first-order valence-corrected chi connectivity index (χ1v) is 16.1. The Labute approximate surface area is 223 Å². The minimum absolute atomic E-state index is 0.292. The summed E-state index contributed by atoms with van der Waals surface area (Å²) in [6, 6.07) is 0. The first kappa shape index (κ1) is 33.3. The highest BCUT2D eigenvalue weighted by atomic mass is 32.2. The number of likely N-dealkylation sites (tertiary alicyclic amines) is 4. The molecule has 0 spiro atoms. The Bertz CT molecular complexity index is 628. The van der Waals surface area contributed by atoms with E-state index in [1.54, 1.807) is 4.90 Å². The monoisotopic (exact) mass is 531 g/mol. The van der Waals surface area contributed by atoms with Crippen molar-refractivity contribution in [2.45, 2.75) is 64.2 Å². The van der Waals surface area contributed by atoms with Gasteiger partial charge >= 0.3 is 0 Å². The molecule has 214 valence electrons. The van der Waals surface area contributed by atoms with Crippen molar-refractivity contribution in [3.05, 3.63) is 0 Å². The van der Waals surface area contributed by atoms with Crippen molar-refractivity contribution in [1.82, 2.24) is 24.5 Å². The van der Waals surface area contributed by atoms with Gasteiger partial charge in [0, 0.05) is 33.1 Å². The first-order chi connectivity index (χ1) is 17.1. The SMILES string of the molecule is CN1CCCC1.CN1CCCC1=O.CN1CCCCC1.CN1CCCCC1.CN1CCS(=O)(=O)CC1. The van der Waals surface area contributed by atoms with E-state index >= 15 is 0 Å². The van der Waals surface area contributed by atoms with Crippen LogP contribution in [0.1, 0.15) is 64.2 Å². The molecule has 0 aromatic heterocycles. The molecular formula is C27H57N5O3S. The van der Waals surface area contributed by atoms with Crippen molar-refractivity contribution in [3.8, 4) is 0 Å². The number of carbonyl (C=O) groups excluding carboxylic acids is 1. The van der Waals surface area contributed by atoms with E-state index in [1.807, 2.05) is 19.0 Å². The van der Waals surface area contributed by atoms with Crippen LogP contribution in [0.5, 0.6) is 0 Å². The molecule has 0 saturated carbocycles. The molecule has 5 aliphatic heterocycles. The van der Waals surface area contributed by atoms with Crippen LogP contribution < -0.4 is 0 Å². The van der Waals surface area contributed by atoms with Gasteiger partial charge in [0.1, 0.15) is 0 Å². The van der Waals surface area contributed by atoms with Gasteiger partial charge in [-0.15, -0.1) is 0 Å². The number of hydrogen-bond acceptors (Lipinski definition) is 7. The average molecular weight is 532 g/mol. The molecule has 0 bridgehead atoms. The first-order valence-electron chi connectivity index (χ1n) is 14.3. The highest BCUT2D eigenvalue weighted by Gasteiger charge is 2.18. The van der Waals surface area contributed by atoms with Gasteiger partial charge in [-0.05, 0) is 112 Å². The lowest BCUT2D eigenvalue weighted by molar-refractivity contribution is -0.126. The number of hydrogen-bond donors (Lipinski definition) is 0. The Kier molecular flexibility index (Phi) is 17.9. The number of carbonyl (C=O) groups is 1. The molecule has 5 fully saturated rings. The van der Waals surface area contributed by atoms with Gasteiger partial charge in [0.15, 0.2) is 9.84 Å². The van der Waals surface area contributed by atoms with Gasteiger partial charge in [-0.3, -0.25) is 4.79 Å². The highest BCUT2D eigenvalue weighted by Crippen LogP contribution is 2.06. The summed E-state index contributed by atoms with van der Waals surface area (Å²) >= 11 is 0. The summed E-state index contributed by atoms with van der Waals surface area (Å²) in [5, 5.41) is 0. The van der Waals surface area contributed by atoms with Gasteiger partial charge < -0.3 is 24.5 Å². The van der Waals surface area contributed by atoms with Crippen LogP contribution >= 0.6 is 0 Å². The van der Waals surface area contributed by atoms with Crippen molar-refractivity contribution in [3.63, 3.8) is 0 Å². The van der Waals surface area contributed by atoms with Crippen molar-refractivity contribution < 1.29 is 13.2 Å². The van der Waals surface area contributed by atoms with Crippen LogP contribution in [0.3, 0.4) is 0 Å². The van der Waals surface area contributed by atoms with Crippen LogP contribution in [0.15, 0.2) is 0 Å². The molecule has 5 rings (SSSR count). The Morgan fingerprint density at radius 1 is 0.472 bits per heavy atom. The maximum absolute atomic E-state index is 10.8. The molecule has 0 N–H and O–H groups in total. The van der Waals surface area contributed by atoms with E-state index < -0.39 is 9.84 Å². The zero-order chi connectivity index (χ0) is 26.8. The summed E-state index contributed by atoms with van der Waals surface area (Å²) in [5.41, 5.74) is 0. The molecule has 5 aliphatic rings. The summed E-state index contributed by atoms with van der Waals surface area (Å²) in [6.45, 7) is 10.3. The van der Waals surface area contributed by atoms with Crippen LogP contribution in [0.2, 0.25) is 0 Å². The fourth-order valence-corrected chi connectivity index (χ4v) is 5.95. The number of amides is 1. The van der Waals surface area contributed by atoms with E-state index in [9.17, 15) is 13.2 Å². The molecule has 0 atom stereocenters. The van der Waals surface area contributed by atoms with Gasteiger partial charge in [0.2, 0.25) is 5.91 Å². The van der Waals surface area contributed by atoms with Gasteiger partial charge in [-0.2, -0.15) is 0 Å². The van der Waals surface area contributed by atoms with Crippen molar-refractivity contribution in [2.75, 3.05) is 106 Å². The van der Waals surface area contributed by atoms with E-state index in [2.05, 4.69) is 35.8 Å². The molecule has 5 saturated heterocycles. The van der Waals surface area contributed by atoms with Crippen LogP contribution in [-0.4, -0.2) is 144 Å². The average Bonchev–Trinajstić information content (AvgIpc) is 3.49. The molecule has 5 heterocycles. The third-order valence-electron chi connectivity index (χ3n) is 7.37. The smallest absolute Gasteiger partial charge is 0.222 e. The van der Waals surface area contributed by atoms with Crippen LogP contribution in [0.4, 0.5) is 0 Å². The lowest BCUT2D eigenvalue weighted by Gasteiger charge is -2.21. The van der Waals surface area contributed by atoms with Crippen molar-refractivity contribution in [2.24, 2.45) is 0 Å². The second-order valence-electron chi connectivity index (χ2n) is 11.1. The van der Waals surface area contributed by atoms with Crippen LogP contribution in [-0.2, 0) is 14.6 Å². The second-order valence-corrected chi connectivity index (χ2v) is 13.4. The highest BCUT2D eigenvalue weighted by molar-refractivity contribution is 7.91. The molecule has 1 amide bonds.